The summed E-state index contributed by atoms with van der Waals surface area (Å²) in [4.78, 5) is 14.2. The molecule has 0 spiro atoms. The molecule has 4 nitrogen and oxygen atoms in total. The van der Waals surface area contributed by atoms with E-state index in [9.17, 15) is 15.0 Å². The average Bonchev–Trinajstić information content (AvgIpc) is 2.51. The molecule has 22 heavy (non-hydrogen) atoms. The first-order chi connectivity index (χ1) is 10.4. The Morgan fingerprint density at radius 2 is 2.18 bits per heavy atom. The molecule has 1 aliphatic heterocycles. The zero-order chi connectivity index (χ0) is 16.3. The molecule has 0 aliphatic carbocycles. The molecule has 1 saturated heterocycles. The molecule has 1 heterocycles. The Morgan fingerprint density at radius 1 is 1.45 bits per heavy atom. The molecule has 1 aromatic carbocycles. The molecule has 0 saturated carbocycles. The predicted molar refractivity (Wildman–Crippen MR) is 87.4 cm³/mol. The fourth-order valence-electron chi connectivity index (χ4n) is 3.09. The van der Waals surface area contributed by atoms with Crippen LogP contribution in [-0.2, 0) is 0 Å². The monoisotopic (exact) mass is 345 g/mol. The van der Waals surface area contributed by atoms with Crippen molar-refractivity contribution in [2.24, 2.45) is 5.41 Å². The first kappa shape index (κ1) is 17.5. The van der Waals surface area contributed by atoms with Crippen molar-refractivity contribution >= 4 is 29.1 Å². The Morgan fingerprint density at radius 3 is 2.77 bits per heavy atom. The highest BCUT2D eigenvalue weighted by molar-refractivity contribution is 6.43. The maximum Gasteiger partial charge on any atom is 0.255 e. The highest BCUT2D eigenvalue weighted by atomic mass is 35.5. The highest BCUT2D eigenvalue weighted by Gasteiger charge is 2.42. The molecular formula is C16H21Cl2NO3. The lowest BCUT2D eigenvalue weighted by Gasteiger charge is -2.44. The van der Waals surface area contributed by atoms with Gasteiger partial charge in [-0.25, -0.2) is 0 Å². The van der Waals surface area contributed by atoms with Gasteiger partial charge in [0.25, 0.3) is 5.91 Å². The Kier molecular flexibility index (Phi) is 5.72. The van der Waals surface area contributed by atoms with Crippen LogP contribution in [0.15, 0.2) is 18.2 Å². The molecule has 2 N–H and O–H groups in total. The average molecular weight is 346 g/mol. The first-order valence-corrected chi connectivity index (χ1v) is 8.23. The van der Waals surface area contributed by atoms with Crippen molar-refractivity contribution in [3.05, 3.63) is 33.8 Å². The maximum absolute atomic E-state index is 12.6. The number of halogens is 2. The van der Waals surface area contributed by atoms with E-state index in [0.29, 0.717) is 23.6 Å². The van der Waals surface area contributed by atoms with Gasteiger partial charge < -0.3 is 15.1 Å². The number of likely N-dealkylation sites (tertiary alicyclic amines) is 1. The zero-order valence-electron chi connectivity index (χ0n) is 12.6. The number of benzene rings is 1. The van der Waals surface area contributed by atoms with Crippen LogP contribution in [0.4, 0.5) is 0 Å². The number of hydrogen-bond acceptors (Lipinski definition) is 3. The lowest BCUT2D eigenvalue weighted by molar-refractivity contribution is -0.0713. The third-order valence-electron chi connectivity index (χ3n) is 4.51. The van der Waals surface area contributed by atoms with E-state index in [0.717, 1.165) is 12.8 Å². The van der Waals surface area contributed by atoms with Gasteiger partial charge in [-0.2, -0.15) is 0 Å². The summed E-state index contributed by atoms with van der Waals surface area (Å²) in [6.45, 7) is 2.64. The summed E-state index contributed by atoms with van der Waals surface area (Å²) in [5.41, 5.74) is -0.169. The molecule has 122 valence electrons. The fraction of sp³-hybridized carbons (Fsp3) is 0.562. The van der Waals surface area contributed by atoms with Gasteiger partial charge in [-0.05, 0) is 25.0 Å². The van der Waals surface area contributed by atoms with Crippen molar-refractivity contribution in [2.75, 3.05) is 19.7 Å². The second kappa shape index (κ2) is 7.18. The van der Waals surface area contributed by atoms with Crippen LogP contribution in [0, 0.1) is 5.41 Å². The minimum Gasteiger partial charge on any atom is -0.396 e. The van der Waals surface area contributed by atoms with Crippen LogP contribution in [-0.4, -0.2) is 46.8 Å². The second-order valence-electron chi connectivity index (χ2n) is 5.89. The summed E-state index contributed by atoms with van der Waals surface area (Å²) in [6.07, 6.45) is 1.45. The van der Waals surface area contributed by atoms with Crippen LogP contribution in [0.5, 0.6) is 0 Å². The summed E-state index contributed by atoms with van der Waals surface area (Å²) in [5, 5.41) is 20.7. The maximum atomic E-state index is 12.6. The number of carbonyl (C=O) groups is 1. The smallest absolute Gasteiger partial charge is 0.255 e. The topological polar surface area (TPSA) is 60.8 Å². The van der Waals surface area contributed by atoms with E-state index >= 15 is 0 Å². The quantitative estimate of drug-likeness (QED) is 0.881. The largest absolute Gasteiger partial charge is 0.396 e. The van der Waals surface area contributed by atoms with E-state index < -0.39 is 11.5 Å². The van der Waals surface area contributed by atoms with Gasteiger partial charge >= 0.3 is 0 Å². The fourth-order valence-corrected chi connectivity index (χ4v) is 3.48. The van der Waals surface area contributed by atoms with E-state index in [1.807, 2.05) is 6.92 Å². The van der Waals surface area contributed by atoms with Crippen LogP contribution in [0.25, 0.3) is 0 Å². The Hall–Kier alpha value is -0.810. The minimum absolute atomic E-state index is 0.0675. The van der Waals surface area contributed by atoms with E-state index in [1.54, 1.807) is 23.1 Å². The SMILES string of the molecule is CCC[C@]1(CO)CCN(C(=O)c2cccc(Cl)c2Cl)C[C@H]1O. The molecule has 2 rings (SSSR count). The molecule has 0 unspecified atom stereocenters. The summed E-state index contributed by atoms with van der Waals surface area (Å²) in [6, 6.07) is 4.93. The van der Waals surface area contributed by atoms with Crippen molar-refractivity contribution in [3.63, 3.8) is 0 Å². The molecule has 0 bridgehead atoms. The second-order valence-corrected chi connectivity index (χ2v) is 6.67. The number of nitrogens with zero attached hydrogens (tertiary/aromatic N) is 1. The molecule has 0 aromatic heterocycles. The van der Waals surface area contributed by atoms with E-state index in [-0.39, 0.29) is 24.1 Å². The first-order valence-electron chi connectivity index (χ1n) is 7.47. The van der Waals surface area contributed by atoms with Gasteiger partial charge in [0.05, 0.1) is 28.3 Å². The van der Waals surface area contributed by atoms with Gasteiger partial charge in [-0.1, -0.05) is 42.6 Å². The van der Waals surface area contributed by atoms with Crippen molar-refractivity contribution in [1.29, 1.82) is 0 Å². The lowest BCUT2D eigenvalue weighted by Crippen LogP contribution is -2.54. The third kappa shape index (κ3) is 3.25. The molecule has 1 aromatic rings. The predicted octanol–water partition coefficient (Wildman–Crippen LogP) is 2.98. The van der Waals surface area contributed by atoms with Crippen LogP contribution in [0.1, 0.15) is 36.5 Å². The number of carbonyl (C=O) groups excluding carboxylic acids is 1. The summed E-state index contributed by atoms with van der Waals surface area (Å²) >= 11 is 12.0. The van der Waals surface area contributed by atoms with E-state index in [2.05, 4.69) is 0 Å². The standard InChI is InChI=1S/C16H21Cl2NO3/c1-2-6-16(10-20)7-8-19(9-13(16)21)15(22)11-4-3-5-12(17)14(11)18/h3-5,13,20-21H,2,6-10H2,1H3/t13-,16-/m1/s1. The van der Waals surface area contributed by atoms with Gasteiger partial charge in [0.15, 0.2) is 0 Å². The van der Waals surface area contributed by atoms with Crippen LogP contribution < -0.4 is 0 Å². The normalized spacial score (nSPS) is 25.3. The Balaban J connectivity index is 2.16. The molecular weight excluding hydrogens is 325 g/mol. The van der Waals surface area contributed by atoms with Crippen molar-refractivity contribution in [2.45, 2.75) is 32.3 Å². The van der Waals surface area contributed by atoms with Crippen LogP contribution in [0.2, 0.25) is 10.0 Å². The number of amides is 1. The molecule has 1 fully saturated rings. The minimum atomic E-state index is -0.742. The van der Waals surface area contributed by atoms with Gasteiger partial charge in [0, 0.05) is 18.5 Å². The van der Waals surface area contributed by atoms with Gasteiger partial charge in [0.1, 0.15) is 0 Å². The molecule has 1 aliphatic rings. The number of β-amino-alcohol motifs (C(OH)–C–C–N with tert-alkyl or cyclic N) is 1. The van der Waals surface area contributed by atoms with Gasteiger partial charge in [0.2, 0.25) is 0 Å². The molecule has 0 radical (unpaired) electrons. The summed E-state index contributed by atoms with van der Waals surface area (Å²) in [5.74, 6) is -0.241. The van der Waals surface area contributed by atoms with Crippen LogP contribution >= 0.6 is 23.2 Å². The van der Waals surface area contributed by atoms with Gasteiger partial charge in [-0.15, -0.1) is 0 Å². The molecule has 1 amide bonds. The number of rotatable bonds is 4. The Bertz CT molecular complexity index is 552. The number of aliphatic hydroxyl groups excluding tert-OH is 2. The van der Waals surface area contributed by atoms with Gasteiger partial charge in [-0.3, -0.25) is 4.79 Å². The Labute approximate surface area is 140 Å². The van der Waals surface area contributed by atoms with E-state index in [4.69, 9.17) is 23.2 Å². The number of hydrogen-bond donors (Lipinski definition) is 2. The third-order valence-corrected chi connectivity index (χ3v) is 5.33. The van der Waals surface area contributed by atoms with Crippen molar-refractivity contribution < 1.29 is 15.0 Å². The lowest BCUT2D eigenvalue weighted by atomic mass is 9.73. The van der Waals surface area contributed by atoms with Crippen LogP contribution in [0.3, 0.4) is 0 Å². The highest BCUT2D eigenvalue weighted by Crippen LogP contribution is 2.37. The van der Waals surface area contributed by atoms with Crippen molar-refractivity contribution in [3.8, 4) is 0 Å². The molecule has 2 atom stereocenters. The van der Waals surface area contributed by atoms with Crippen molar-refractivity contribution in [1.82, 2.24) is 4.90 Å². The zero-order valence-corrected chi connectivity index (χ0v) is 14.1. The number of aliphatic hydroxyl groups is 2. The molecule has 6 heteroatoms. The summed E-state index contributed by atoms with van der Waals surface area (Å²) in [7, 11) is 0. The number of piperidine rings is 1. The van der Waals surface area contributed by atoms with E-state index in [1.165, 1.54) is 0 Å². The summed E-state index contributed by atoms with van der Waals surface area (Å²) < 4.78 is 0.